The van der Waals surface area contributed by atoms with Gasteiger partial charge in [-0.05, 0) is 25.7 Å². The quantitative estimate of drug-likeness (QED) is 0.477. The summed E-state index contributed by atoms with van der Waals surface area (Å²) in [4.78, 5) is 12.3. The van der Waals surface area contributed by atoms with Crippen molar-refractivity contribution < 1.29 is 4.79 Å². The predicted molar refractivity (Wildman–Crippen MR) is 58.8 cm³/mol. The van der Waals surface area contributed by atoms with Gasteiger partial charge in [0.1, 0.15) is 6.29 Å². The molecule has 0 N–H and O–H groups in total. The van der Waals surface area contributed by atoms with Crippen molar-refractivity contribution in [1.82, 2.24) is 4.90 Å². The molecule has 0 aliphatic carbocycles. The number of carbonyl (C=O) groups is 1. The number of rotatable bonds is 6. The molecule has 1 rings (SSSR count). The van der Waals surface area contributed by atoms with Gasteiger partial charge in [-0.15, -0.1) is 0 Å². The molecule has 0 aromatic rings. The lowest BCUT2D eigenvalue weighted by Crippen LogP contribution is -2.16. The summed E-state index contributed by atoms with van der Waals surface area (Å²) in [6.45, 7) is 9.04. The first-order valence-corrected chi connectivity index (χ1v) is 5.32. The number of hydrogen-bond donors (Lipinski definition) is 0. The van der Waals surface area contributed by atoms with Gasteiger partial charge < -0.3 is 9.69 Å². The molecule has 0 unspecified atom stereocenters. The SMILES string of the molecule is C=C1CCC(=C)N1CCCCCC=O. The zero-order valence-corrected chi connectivity index (χ0v) is 8.80. The van der Waals surface area contributed by atoms with Gasteiger partial charge in [0, 0.05) is 24.4 Å². The Morgan fingerprint density at radius 2 is 1.79 bits per heavy atom. The third-order valence-corrected chi connectivity index (χ3v) is 2.67. The average molecular weight is 193 g/mol. The molecule has 0 spiro atoms. The molecule has 0 radical (unpaired) electrons. The molecule has 0 aromatic carbocycles. The normalized spacial score (nSPS) is 16.4. The van der Waals surface area contributed by atoms with Crippen molar-refractivity contribution in [3.63, 3.8) is 0 Å². The molecule has 1 heterocycles. The van der Waals surface area contributed by atoms with E-state index in [-0.39, 0.29) is 0 Å². The first-order valence-electron chi connectivity index (χ1n) is 5.32. The van der Waals surface area contributed by atoms with Gasteiger partial charge in [-0.2, -0.15) is 0 Å². The second-order valence-corrected chi connectivity index (χ2v) is 3.80. The molecule has 1 saturated heterocycles. The number of allylic oxidation sites excluding steroid dienone is 2. The molecule has 78 valence electrons. The second kappa shape index (κ2) is 5.63. The van der Waals surface area contributed by atoms with Crippen LogP contribution < -0.4 is 0 Å². The summed E-state index contributed by atoms with van der Waals surface area (Å²) in [6, 6.07) is 0. The van der Waals surface area contributed by atoms with E-state index in [0.717, 1.165) is 44.9 Å². The largest absolute Gasteiger partial charge is 0.350 e. The van der Waals surface area contributed by atoms with Crippen molar-refractivity contribution in [2.75, 3.05) is 6.54 Å². The number of carbonyl (C=O) groups excluding carboxylic acids is 1. The summed E-state index contributed by atoms with van der Waals surface area (Å²) in [5.74, 6) is 0. The molecule has 0 bridgehead atoms. The van der Waals surface area contributed by atoms with Crippen molar-refractivity contribution in [3.8, 4) is 0 Å². The molecule has 14 heavy (non-hydrogen) atoms. The van der Waals surface area contributed by atoms with E-state index in [4.69, 9.17) is 0 Å². The monoisotopic (exact) mass is 193 g/mol. The fraction of sp³-hybridized carbons (Fsp3) is 0.583. The average Bonchev–Trinajstić information content (AvgIpc) is 2.48. The fourth-order valence-electron chi connectivity index (χ4n) is 1.77. The zero-order valence-electron chi connectivity index (χ0n) is 8.80. The van der Waals surface area contributed by atoms with Crippen LogP contribution in [0, 0.1) is 0 Å². The third kappa shape index (κ3) is 3.02. The second-order valence-electron chi connectivity index (χ2n) is 3.80. The Morgan fingerprint density at radius 3 is 2.36 bits per heavy atom. The van der Waals surface area contributed by atoms with E-state index in [1.165, 1.54) is 11.4 Å². The molecule has 0 amide bonds. The van der Waals surface area contributed by atoms with E-state index in [9.17, 15) is 4.79 Å². The number of likely N-dealkylation sites (tertiary alicyclic amines) is 1. The molecule has 2 nitrogen and oxygen atoms in total. The maximum Gasteiger partial charge on any atom is 0.119 e. The van der Waals surface area contributed by atoms with Gasteiger partial charge in [-0.25, -0.2) is 0 Å². The lowest BCUT2D eigenvalue weighted by atomic mass is 10.2. The molecule has 0 saturated carbocycles. The highest BCUT2D eigenvalue weighted by Gasteiger charge is 2.17. The summed E-state index contributed by atoms with van der Waals surface area (Å²) in [5.41, 5.74) is 2.40. The van der Waals surface area contributed by atoms with Crippen LogP contribution in [-0.4, -0.2) is 17.7 Å². The Balaban J connectivity index is 2.14. The topological polar surface area (TPSA) is 20.3 Å². The molecular weight excluding hydrogens is 174 g/mol. The number of unbranched alkanes of at least 4 members (excludes halogenated alkanes) is 3. The Labute approximate surface area is 86.3 Å². The maximum absolute atomic E-state index is 10.1. The molecule has 1 fully saturated rings. The van der Waals surface area contributed by atoms with Crippen molar-refractivity contribution in [3.05, 3.63) is 24.6 Å². The Bertz CT molecular complexity index is 216. The van der Waals surface area contributed by atoms with E-state index in [1.807, 2.05) is 0 Å². The Kier molecular flexibility index (Phi) is 4.44. The van der Waals surface area contributed by atoms with Crippen LogP contribution in [0.1, 0.15) is 38.5 Å². The number of nitrogens with zero attached hydrogens (tertiary/aromatic N) is 1. The first kappa shape index (κ1) is 11.0. The minimum atomic E-state index is 0.696. The van der Waals surface area contributed by atoms with E-state index >= 15 is 0 Å². The molecule has 1 aliphatic rings. The molecule has 0 atom stereocenters. The van der Waals surface area contributed by atoms with Crippen LogP contribution in [0.25, 0.3) is 0 Å². The van der Waals surface area contributed by atoms with Gasteiger partial charge in [0.05, 0.1) is 0 Å². The predicted octanol–water partition coefficient (Wildman–Crippen LogP) is 2.87. The van der Waals surface area contributed by atoms with Crippen LogP contribution in [0.2, 0.25) is 0 Å². The van der Waals surface area contributed by atoms with Gasteiger partial charge in [-0.1, -0.05) is 19.6 Å². The Hall–Kier alpha value is -1.05. The molecule has 2 heteroatoms. The third-order valence-electron chi connectivity index (χ3n) is 2.67. The maximum atomic E-state index is 10.1. The van der Waals surface area contributed by atoms with Crippen LogP contribution >= 0.6 is 0 Å². The van der Waals surface area contributed by atoms with Crippen LogP contribution in [-0.2, 0) is 4.79 Å². The van der Waals surface area contributed by atoms with Crippen LogP contribution in [0.3, 0.4) is 0 Å². The van der Waals surface area contributed by atoms with Crippen molar-refractivity contribution in [1.29, 1.82) is 0 Å². The summed E-state index contributed by atoms with van der Waals surface area (Å²) in [5, 5.41) is 0. The number of aldehydes is 1. The summed E-state index contributed by atoms with van der Waals surface area (Å²) in [6.07, 6.45) is 7.08. The smallest absolute Gasteiger partial charge is 0.119 e. The van der Waals surface area contributed by atoms with Crippen LogP contribution in [0.5, 0.6) is 0 Å². The van der Waals surface area contributed by atoms with E-state index in [0.29, 0.717) is 6.42 Å². The van der Waals surface area contributed by atoms with Crippen LogP contribution in [0.15, 0.2) is 24.6 Å². The lowest BCUT2D eigenvalue weighted by Gasteiger charge is -2.20. The minimum absolute atomic E-state index is 0.696. The molecule has 0 aromatic heterocycles. The van der Waals surface area contributed by atoms with Gasteiger partial charge in [0.25, 0.3) is 0 Å². The van der Waals surface area contributed by atoms with Gasteiger partial charge in [0.2, 0.25) is 0 Å². The molecule has 1 aliphatic heterocycles. The van der Waals surface area contributed by atoms with E-state index in [1.54, 1.807) is 0 Å². The van der Waals surface area contributed by atoms with Gasteiger partial charge in [-0.3, -0.25) is 0 Å². The lowest BCUT2D eigenvalue weighted by molar-refractivity contribution is -0.107. The minimum Gasteiger partial charge on any atom is -0.350 e. The highest BCUT2D eigenvalue weighted by Crippen LogP contribution is 2.27. The summed E-state index contributed by atoms with van der Waals surface area (Å²) < 4.78 is 0. The standard InChI is InChI=1S/C12H19NO/c1-11-7-8-12(2)13(11)9-5-3-4-6-10-14/h10H,1-9H2. The summed E-state index contributed by atoms with van der Waals surface area (Å²) in [7, 11) is 0. The van der Waals surface area contributed by atoms with Gasteiger partial charge in [0.15, 0.2) is 0 Å². The van der Waals surface area contributed by atoms with Crippen molar-refractivity contribution in [2.45, 2.75) is 38.5 Å². The zero-order chi connectivity index (χ0) is 10.4. The van der Waals surface area contributed by atoms with Crippen molar-refractivity contribution in [2.24, 2.45) is 0 Å². The highest BCUT2D eigenvalue weighted by molar-refractivity contribution is 5.48. The Morgan fingerprint density at radius 1 is 1.14 bits per heavy atom. The first-order chi connectivity index (χ1) is 6.75. The number of hydrogen-bond acceptors (Lipinski definition) is 2. The summed E-state index contributed by atoms with van der Waals surface area (Å²) >= 11 is 0. The van der Waals surface area contributed by atoms with Crippen molar-refractivity contribution >= 4 is 6.29 Å². The highest BCUT2D eigenvalue weighted by atomic mass is 16.1. The molecular formula is C12H19NO. The fourth-order valence-corrected chi connectivity index (χ4v) is 1.77. The van der Waals surface area contributed by atoms with Gasteiger partial charge >= 0.3 is 0 Å². The van der Waals surface area contributed by atoms with E-state index < -0.39 is 0 Å². The van der Waals surface area contributed by atoms with Crippen LogP contribution in [0.4, 0.5) is 0 Å². The van der Waals surface area contributed by atoms with E-state index in [2.05, 4.69) is 18.1 Å².